The molecule has 112 valence electrons. The summed E-state index contributed by atoms with van der Waals surface area (Å²) in [5.74, 6) is 0.607. The Kier molecular flexibility index (Phi) is 5.81. The Hall–Kier alpha value is -0.610. The number of rotatable bonds is 7. The fourth-order valence-electron chi connectivity index (χ4n) is 2.72. The van der Waals surface area contributed by atoms with Gasteiger partial charge < -0.3 is 9.64 Å². The number of hydrogen-bond donors (Lipinski definition) is 1. The van der Waals surface area contributed by atoms with Gasteiger partial charge in [-0.1, -0.05) is 27.2 Å². The smallest absolute Gasteiger partial charge is 0.241 e. The molecule has 0 saturated carbocycles. The van der Waals surface area contributed by atoms with Crippen LogP contribution in [0.4, 0.5) is 0 Å². The third kappa shape index (κ3) is 3.93. The summed E-state index contributed by atoms with van der Waals surface area (Å²) in [6.07, 6.45) is 2.09. The van der Waals surface area contributed by atoms with Crippen LogP contribution in [-0.4, -0.2) is 41.8 Å². The minimum atomic E-state index is -0.288. The van der Waals surface area contributed by atoms with Crippen molar-refractivity contribution >= 4 is 5.91 Å². The summed E-state index contributed by atoms with van der Waals surface area (Å²) in [7, 11) is 0. The summed E-state index contributed by atoms with van der Waals surface area (Å²) < 4.78 is 5.73. The fourth-order valence-corrected chi connectivity index (χ4v) is 2.72. The zero-order chi connectivity index (χ0) is 14.6. The molecule has 0 bridgehead atoms. The second-order valence-corrected chi connectivity index (χ2v) is 6.11. The van der Waals surface area contributed by atoms with Crippen molar-refractivity contribution in [2.24, 2.45) is 5.92 Å². The maximum atomic E-state index is 12.6. The average molecular weight is 270 g/mol. The molecular weight excluding hydrogens is 240 g/mol. The van der Waals surface area contributed by atoms with Crippen LogP contribution < -0.4 is 5.32 Å². The number of nitrogens with one attached hydrogen (secondary N) is 1. The highest BCUT2D eigenvalue weighted by atomic mass is 16.5. The molecule has 1 N–H and O–H groups in total. The van der Waals surface area contributed by atoms with Crippen molar-refractivity contribution in [2.45, 2.75) is 72.2 Å². The van der Waals surface area contributed by atoms with Gasteiger partial charge in [0.2, 0.25) is 5.91 Å². The van der Waals surface area contributed by atoms with Crippen LogP contribution in [-0.2, 0) is 9.53 Å². The van der Waals surface area contributed by atoms with Crippen molar-refractivity contribution < 1.29 is 9.53 Å². The van der Waals surface area contributed by atoms with Crippen LogP contribution in [0, 0.1) is 5.92 Å². The lowest BCUT2D eigenvalue weighted by Gasteiger charge is -2.33. The van der Waals surface area contributed by atoms with E-state index >= 15 is 0 Å². The average Bonchev–Trinajstić information content (AvgIpc) is 2.65. The van der Waals surface area contributed by atoms with Gasteiger partial charge in [-0.2, -0.15) is 0 Å². The molecule has 19 heavy (non-hydrogen) atoms. The molecule has 0 aromatic heterocycles. The zero-order valence-electron chi connectivity index (χ0n) is 13.3. The molecule has 3 atom stereocenters. The van der Waals surface area contributed by atoms with E-state index in [4.69, 9.17) is 4.74 Å². The Labute approximate surface area is 117 Å². The van der Waals surface area contributed by atoms with Crippen LogP contribution in [0.25, 0.3) is 0 Å². The van der Waals surface area contributed by atoms with Crippen molar-refractivity contribution in [3.63, 3.8) is 0 Å². The van der Waals surface area contributed by atoms with Crippen LogP contribution in [0.2, 0.25) is 0 Å². The fraction of sp³-hybridized carbons (Fsp3) is 0.933. The van der Waals surface area contributed by atoms with E-state index in [0.717, 1.165) is 12.8 Å². The number of carbonyl (C=O) groups excluding carboxylic acids is 1. The molecule has 3 unspecified atom stereocenters. The van der Waals surface area contributed by atoms with Gasteiger partial charge in [0.1, 0.15) is 0 Å². The Balaban J connectivity index is 2.78. The van der Waals surface area contributed by atoms with Gasteiger partial charge in [-0.05, 0) is 33.1 Å². The van der Waals surface area contributed by atoms with E-state index in [1.54, 1.807) is 0 Å². The number of amides is 1. The highest BCUT2D eigenvalue weighted by molar-refractivity contribution is 5.84. The molecule has 4 nitrogen and oxygen atoms in total. The van der Waals surface area contributed by atoms with Crippen molar-refractivity contribution in [1.29, 1.82) is 0 Å². The molecule has 1 aliphatic rings. The van der Waals surface area contributed by atoms with Gasteiger partial charge in [0.25, 0.3) is 0 Å². The molecule has 4 heteroatoms. The lowest BCUT2D eigenvalue weighted by Crippen LogP contribution is -2.46. The normalized spacial score (nSPS) is 26.0. The van der Waals surface area contributed by atoms with Crippen molar-refractivity contribution in [1.82, 2.24) is 10.2 Å². The van der Waals surface area contributed by atoms with Crippen molar-refractivity contribution in [3.05, 3.63) is 0 Å². The van der Waals surface area contributed by atoms with Crippen molar-refractivity contribution in [3.8, 4) is 0 Å². The summed E-state index contributed by atoms with van der Waals surface area (Å²) >= 11 is 0. The van der Waals surface area contributed by atoms with E-state index in [0.29, 0.717) is 19.1 Å². The van der Waals surface area contributed by atoms with Crippen LogP contribution in [0.3, 0.4) is 0 Å². The second-order valence-electron chi connectivity index (χ2n) is 6.11. The second kappa shape index (κ2) is 6.71. The van der Waals surface area contributed by atoms with Gasteiger partial charge in [0.05, 0.1) is 24.4 Å². The SMILES string of the molecule is CCOC(C)(C)CN1C(=O)C(C(C)CC)NC1CC. The lowest BCUT2D eigenvalue weighted by molar-refractivity contribution is -0.135. The maximum Gasteiger partial charge on any atom is 0.241 e. The molecule has 0 aromatic rings. The molecule has 1 fully saturated rings. The predicted molar refractivity (Wildman–Crippen MR) is 77.9 cm³/mol. The Bertz CT molecular complexity index is 305. The van der Waals surface area contributed by atoms with Gasteiger partial charge in [-0.3, -0.25) is 10.1 Å². The van der Waals surface area contributed by atoms with Crippen LogP contribution in [0.15, 0.2) is 0 Å². The molecule has 0 spiro atoms. The summed E-state index contributed by atoms with van der Waals surface area (Å²) in [4.78, 5) is 14.5. The van der Waals surface area contributed by atoms with E-state index in [-0.39, 0.29) is 23.7 Å². The topological polar surface area (TPSA) is 41.6 Å². The standard InChI is InChI=1S/C15H30N2O2/c1-7-11(4)13-14(18)17(12(8-2)16-13)10-15(5,6)19-9-3/h11-13,16H,7-10H2,1-6H3. The van der Waals surface area contributed by atoms with E-state index in [1.807, 2.05) is 25.7 Å². The quantitative estimate of drug-likeness (QED) is 0.772. The first-order valence-corrected chi connectivity index (χ1v) is 7.56. The number of carbonyl (C=O) groups is 1. The maximum absolute atomic E-state index is 12.6. The molecule has 1 saturated heterocycles. The van der Waals surface area contributed by atoms with Crippen molar-refractivity contribution in [2.75, 3.05) is 13.2 Å². The Morgan fingerprint density at radius 3 is 2.47 bits per heavy atom. The highest BCUT2D eigenvalue weighted by Gasteiger charge is 2.42. The molecule has 0 aromatic carbocycles. The van der Waals surface area contributed by atoms with Gasteiger partial charge in [-0.25, -0.2) is 0 Å². The van der Waals surface area contributed by atoms with E-state index in [1.165, 1.54) is 0 Å². The molecule has 1 heterocycles. The van der Waals surface area contributed by atoms with E-state index < -0.39 is 0 Å². The monoisotopic (exact) mass is 270 g/mol. The first kappa shape index (κ1) is 16.4. The van der Waals surface area contributed by atoms with Gasteiger partial charge in [-0.15, -0.1) is 0 Å². The molecule has 0 aliphatic carbocycles. The number of ether oxygens (including phenoxy) is 1. The third-order valence-corrected chi connectivity index (χ3v) is 3.98. The van der Waals surface area contributed by atoms with Gasteiger partial charge in [0.15, 0.2) is 0 Å². The Morgan fingerprint density at radius 2 is 2.00 bits per heavy atom. The minimum Gasteiger partial charge on any atom is -0.374 e. The summed E-state index contributed by atoms with van der Waals surface area (Å²) in [5.41, 5.74) is -0.288. The third-order valence-electron chi connectivity index (χ3n) is 3.98. The Morgan fingerprint density at radius 1 is 1.37 bits per heavy atom. The van der Waals surface area contributed by atoms with Gasteiger partial charge in [0, 0.05) is 6.61 Å². The lowest BCUT2D eigenvalue weighted by atomic mass is 9.99. The summed E-state index contributed by atoms with van der Waals surface area (Å²) in [6.45, 7) is 13.8. The number of hydrogen-bond acceptors (Lipinski definition) is 3. The summed E-state index contributed by atoms with van der Waals surface area (Å²) in [6, 6.07) is -0.0348. The van der Waals surface area contributed by atoms with E-state index in [2.05, 4.69) is 26.1 Å². The first-order valence-electron chi connectivity index (χ1n) is 7.56. The van der Waals surface area contributed by atoms with Crippen LogP contribution in [0.5, 0.6) is 0 Å². The molecule has 0 radical (unpaired) electrons. The molecular formula is C15H30N2O2. The first-order chi connectivity index (χ1) is 8.86. The molecule has 1 amide bonds. The highest BCUT2D eigenvalue weighted by Crippen LogP contribution is 2.24. The number of nitrogens with zero attached hydrogens (tertiary/aromatic N) is 1. The zero-order valence-corrected chi connectivity index (χ0v) is 13.3. The minimum absolute atomic E-state index is 0.0348. The van der Waals surface area contributed by atoms with E-state index in [9.17, 15) is 4.79 Å². The van der Waals surface area contributed by atoms with Crippen LogP contribution >= 0.6 is 0 Å². The predicted octanol–water partition coefficient (Wildman–Crippen LogP) is 2.38. The summed E-state index contributed by atoms with van der Waals surface area (Å²) in [5, 5.41) is 3.48. The van der Waals surface area contributed by atoms with Crippen LogP contribution in [0.1, 0.15) is 54.4 Å². The molecule has 1 aliphatic heterocycles. The van der Waals surface area contributed by atoms with Gasteiger partial charge >= 0.3 is 0 Å². The molecule has 1 rings (SSSR count). The largest absolute Gasteiger partial charge is 0.374 e.